The summed E-state index contributed by atoms with van der Waals surface area (Å²) in [5, 5.41) is 2.77. The number of amides is 1. The summed E-state index contributed by atoms with van der Waals surface area (Å²) in [6, 6.07) is 0.150. The minimum atomic E-state index is -0.190. The molecule has 1 heterocycles. The molecule has 0 saturated carbocycles. The van der Waals surface area contributed by atoms with Crippen molar-refractivity contribution >= 4 is 5.91 Å². The lowest BCUT2D eigenvalue weighted by atomic mass is 10.0. The number of rotatable bonds is 3. The van der Waals surface area contributed by atoms with Gasteiger partial charge in [0.15, 0.2) is 0 Å². The van der Waals surface area contributed by atoms with Crippen LogP contribution in [0.3, 0.4) is 0 Å². The molecule has 1 amide bonds. The van der Waals surface area contributed by atoms with Gasteiger partial charge in [0.05, 0.1) is 5.54 Å². The molecule has 0 spiro atoms. The Balaban J connectivity index is 0.000000796. The fourth-order valence-electron chi connectivity index (χ4n) is 1.86. The fourth-order valence-corrected chi connectivity index (χ4v) is 1.86. The highest BCUT2D eigenvalue weighted by Crippen LogP contribution is 2.19. The molecule has 3 heteroatoms. The highest BCUT2D eigenvalue weighted by Gasteiger charge is 2.26. The third-order valence-electron chi connectivity index (χ3n) is 3.30. The van der Waals surface area contributed by atoms with E-state index in [1.807, 2.05) is 13.8 Å². The maximum atomic E-state index is 11.4. The average Bonchev–Trinajstić information content (AvgIpc) is 2.91. The zero-order valence-corrected chi connectivity index (χ0v) is 14.2. The molecular formula is C17H32N2O. The Hall–Kier alpha value is -1.01. The van der Waals surface area contributed by atoms with Gasteiger partial charge in [-0.1, -0.05) is 32.6 Å². The topological polar surface area (TPSA) is 32.3 Å². The third kappa shape index (κ3) is 8.22. The molecule has 0 aliphatic carbocycles. The molecule has 1 aliphatic rings. The van der Waals surface area contributed by atoms with Crippen LogP contribution in [0.25, 0.3) is 0 Å². The molecule has 20 heavy (non-hydrogen) atoms. The molecule has 1 rings (SSSR count). The normalized spacial score (nSPS) is 15.2. The summed E-state index contributed by atoms with van der Waals surface area (Å²) >= 11 is 0. The number of hydrogen-bond donors (Lipinski definition) is 1. The van der Waals surface area contributed by atoms with E-state index in [4.69, 9.17) is 0 Å². The van der Waals surface area contributed by atoms with Gasteiger partial charge >= 0.3 is 0 Å². The van der Waals surface area contributed by atoms with Gasteiger partial charge in [-0.15, -0.1) is 0 Å². The summed E-state index contributed by atoms with van der Waals surface area (Å²) in [6.45, 7) is 14.6. The van der Waals surface area contributed by atoms with Crippen molar-refractivity contribution < 1.29 is 4.79 Å². The largest absolute Gasteiger partial charge is 0.343 e. The van der Waals surface area contributed by atoms with Crippen LogP contribution in [-0.4, -0.2) is 35.5 Å². The molecule has 116 valence electrons. The van der Waals surface area contributed by atoms with Crippen molar-refractivity contribution in [3.63, 3.8) is 0 Å². The predicted molar refractivity (Wildman–Crippen MR) is 86.5 cm³/mol. The van der Waals surface area contributed by atoms with Crippen molar-refractivity contribution in [2.75, 3.05) is 13.1 Å². The molecule has 0 aromatic carbocycles. The summed E-state index contributed by atoms with van der Waals surface area (Å²) in [6.07, 6.45) is 5.12. The van der Waals surface area contributed by atoms with Gasteiger partial charge in [0.1, 0.15) is 0 Å². The van der Waals surface area contributed by atoms with E-state index in [0.29, 0.717) is 0 Å². The van der Waals surface area contributed by atoms with Gasteiger partial charge in [-0.05, 0) is 59.5 Å². The molecule has 0 atom stereocenters. The van der Waals surface area contributed by atoms with Crippen molar-refractivity contribution in [3.05, 3.63) is 0 Å². The Morgan fingerprint density at radius 3 is 2.10 bits per heavy atom. The first kappa shape index (κ1) is 19.0. The van der Waals surface area contributed by atoms with Crippen LogP contribution in [0.15, 0.2) is 0 Å². The molecule has 1 N–H and O–H groups in total. The molecule has 0 aromatic heterocycles. The van der Waals surface area contributed by atoms with Gasteiger partial charge in [0.2, 0.25) is 0 Å². The second-order valence-electron chi connectivity index (χ2n) is 6.13. The van der Waals surface area contributed by atoms with Crippen LogP contribution >= 0.6 is 0 Å². The molecule has 1 fully saturated rings. The number of carbonyl (C=O) groups excluding carboxylic acids is 1. The van der Waals surface area contributed by atoms with Gasteiger partial charge in [-0.3, -0.25) is 9.69 Å². The first-order chi connectivity index (χ1) is 9.33. The standard InChI is InChI=1S/C13H22N2O.C4H10/c1-11(2)14-12(16)7-8-13(3,4)15-9-5-6-10-15;1-3-4-2/h11H,5-6,9-10H2,1-4H3,(H,14,16);3-4H2,1-2H3. The van der Waals surface area contributed by atoms with E-state index in [0.717, 1.165) is 13.1 Å². The molecule has 0 radical (unpaired) electrons. The Morgan fingerprint density at radius 1 is 1.20 bits per heavy atom. The van der Waals surface area contributed by atoms with Crippen molar-refractivity contribution in [3.8, 4) is 11.8 Å². The molecule has 1 aliphatic heterocycles. The minimum Gasteiger partial charge on any atom is -0.343 e. The third-order valence-corrected chi connectivity index (χ3v) is 3.30. The minimum absolute atomic E-state index is 0.150. The van der Waals surface area contributed by atoms with E-state index in [9.17, 15) is 4.79 Å². The van der Waals surface area contributed by atoms with E-state index < -0.39 is 0 Å². The number of likely N-dealkylation sites (tertiary alicyclic amines) is 1. The molecule has 0 unspecified atom stereocenters. The maximum absolute atomic E-state index is 11.4. The van der Waals surface area contributed by atoms with Crippen molar-refractivity contribution in [1.29, 1.82) is 0 Å². The second kappa shape index (κ2) is 9.83. The molecule has 1 saturated heterocycles. The maximum Gasteiger partial charge on any atom is 0.296 e. The molecule has 0 aromatic rings. The second-order valence-corrected chi connectivity index (χ2v) is 6.13. The van der Waals surface area contributed by atoms with Crippen molar-refractivity contribution in [2.24, 2.45) is 0 Å². The fraction of sp³-hybridized carbons (Fsp3) is 0.824. The van der Waals surface area contributed by atoms with E-state index in [1.54, 1.807) is 0 Å². The lowest BCUT2D eigenvalue weighted by Gasteiger charge is -2.30. The van der Waals surface area contributed by atoms with Crippen LogP contribution in [0.4, 0.5) is 0 Å². The Kier molecular flexibility index (Phi) is 9.33. The van der Waals surface area contributed by atoms with Gasteiger partial charge < -0.3 is 5.32 Å². The van der Waals surface area contributed by atoms with Gasteiger partial charge in [0, 0.05) is 6.04 Å². The van der Waals surface area contributed by atoms with Crippen LogP contribution in [-0.2, 0) is 4.79 Å². The summed E-state index contributed by atoms with van der Waals surface area (Å²) in [4.78, 5) is 13.7. The SMILES string of the molecule is CC(C)NC(=O)C#CC(C)(C)N1CCCC1.CCCC. The van der Waals surface area contributed by atoms with E-state index in [1.165, 1.54) is 25.7 Å². The first-order valence-corrected chi connectivity index (χ1v) is 7.92. The van der Waals surface area contributed by atoms with Crippen molar-refractivity contribution in [1.82, 2.24) is 10.2 Å². The summed E-state index contributed by atoms with van der Waals surface area (Å²) < 4.78 is 0. The first-order valence-electron chi connectivity index (χ1n) is 7.92. The number of unbranched alkanes of at least 4 members (excludes halogenated alkanes) is 1. The summed E-state index contributed by atoms with van der Waals surface area (Å²) in [7, 11) is 0. The van der Waals surface area contributed by atoms with Gasteiger partial charge in [-0.25, -0.2) is 0 Å². The van der Waals surface area contributed by atoms with E-state index in [2.05, 4.69) is 49.8 Å². The molecule has 3 nitrogen and oxygen atoms in total. The Labute approximate surface area is 125 Å². The summed E-state index contributed by atoms with van der Waals surface area (Å²) in [5.41, 5.74) is -0.190. The van der Waals surface area contributed by atoms with Crippen LogP contribution in [0.5, 0.6) is 0 Å². The monoisotopic (exact) mass is 280 g/mol. The highest BCUT2D eigenvalue weighted by molar-refractivity contribution is 5.93. The quantitative estimate of drug-likeness (QED) is 0.805. The van der Waals surface area contributed by atoms with Crippen molar-refractivity contribution in [2.45, 2.75) is 78.8 Å². The predicted octanol–water partition coefficient (Wildman–Crippen LogP) is 3.20. The van der Waals surface area contributed by atoms with Crippen LogP contribution in [0.2, 0.25) is 0 Å². The van der Waals surface area contributed by atoms with Crippen LogP contribution in [0.1, 0.15) is 67.2 Å². The molecular weight excluding hydrogens is 248 g/mol. The van der Waals surface area contributed by atoms with Crippen LogP contribution in [0, 0.1) is 11.8 Å². The zero-order chi connectivity index (χ0) is 15.6. The number of nitrogens with one attached hydrogen (secondary N) is 1. The Morgan fingerprint density at radius 2 is 1.70 bits per heavy atom. The molecule has 0 bridgehead atoms. The lowest BCUT2D eigenvalue weighted by Crippen LogP contribution is -2.41. The number of hydrogen-bond acceptors (Lipinski definition) is 2. The Bertz CT molecular complexity index is 329. The smallest absolute Gasteiger partial charge is 0.296 e. The van der Waals surface area contributed by atoms with E-state index in [-0.39, 0.29) is 17.5 Å². The van der Waals surface area contributed by atoms with Gasteiger partial charge in [0.25, 0.3) is 5.91 Å². The average molecular weight is 280 g/mol. The number of carbonyl (C=O) groups is 1. The lowest BCUT2D eigenvalue weighted by molar-refractivity contribution is -0.116. The number of nitrogens with zero attached hydrogens (tertiary/aromatic N) is 1. The van der Waals surface area contributed by atoms with Gasteiger partial charge in [-0.2, -0.15) is 0 Å². The zero-order valence-electron chi connectivity index (χ0n) is 14.2. The summed E-state index contributed by atoms with van der Waals surface area (Å²) in [5.74, 6) is 5.58. The highest BCUT2D eigenvalue weighted by atomic mass is 16.1. The van der Waals surface area contributed by atoms with Crippen LogP contribution < -0.4 is 5.32 Å². The van der Waals surface area contributed by atoms with E-state index >= 15 is 0 Å².